The first kappa shape index (κ1) is 14.2. The Kier molecular flexibility index (Phi) is 3.84. The second-order valence-electron chi connectivity index (χ2n) is 4.46. The molecule has 0 aliphatic heterocycles. The number of hydrogen-bond donors (Lipinski definition) is 0. The summed E-state index contributed by atoms with van der Waals surface area (Å²) in [6.45, 7) is 3.90. The number of benzene rings is 1. The Balaban J connectivity index is 1.99. The molecule has 0 unspecified atom stereocenters. The highest BCUT2D eigenvalue weighted by Crippen LogP contribution is 2.22. The molecule has 0 aliphatic rings. The average molecular weight is 315 g/mol. The normalized spacial score (nSPS) is 10.6. The number of halogens is 1. The van der Waals surface area contributed by atoms with Gasteiger partial charge in [0.2, 0.25) is 5.82 Å². The molecule has 3 aromatic rings. The third-order valence-electron chi connectivity index (χ3n) is 2.90. The Hall–Kier alpha value is -2.73. The lowest BCUT2D eigenvalue weighted by Crippen LogP contribution is -2.21. The minimum atomic E-state index is -0.224. The van der Waals surface area contributed by atoms with Crippen molar-refractivity contribution in [3.05, 3.63) is 64.4 Å². The van der Waals surface area contributed by atoms with Crippen molar-refractivity contribution >= 4 is 11.6 Å². The van der Waals surface area contributed by atoms with Crippen molar-refractivity contribution in [3.8, 4) is 23.0 Å². The van der Waals surface area contributed by atoms with Crippen LogP contribution in [0.25, 0.3) is 23.0 Å². The summed E-state index contributed by atoms with van der Waals surface area (Å²) in [5.74, 6) is 0.633. The summed E-state index contributed by atoms with van der Waals surface area (Å²) in [7, 11) is 0. The van der Waals surface area contributed by atoms with Crippen LogP contribution in [0.5, 0.6) is 0 Å². The molecule has 0 fully saturated rings. The van der Waals surface area contributed by atoms with E-state index in [0.29, 0.717) is 23.1 Å². The Bertz CT molecular complexity index is 885. The molecule has 0 atom stereocenters. The molecule has 2 heterocycles. The van der Waals surface area contributed by atoms with Crippen LogP contribution in [0.1, 0.15) is 0 Å². The summed E-state index contributed by atoms with van der Waals surface area (Å²) < 4.78 is 6.48. The van der Waals surface area contributed by atoms with Crippen LogP contribution in [0.2, 0.25) is 5.02 Å². The molecule has 2 aromatic heterocycles. The first-order valence-electron chi connectivity index (χ1n) is 6.46. The highest BCUT2D eigenvalue weighted by atomic mass is 35.5. The Morgan fingerprint density at radius 3 is 2.95 bits per heavy atom. The number of aromatic nitrogens is 4. The van der Waals surface area contributed by atoms with Crippen LogP contribution in [-0.4, -0.2) is 19.9 Å². The zero-order chi connectivity index (χ0) is 15.5. The molecular weight excluding hydrogens is 304 g/mol. The van der Waals surface area contributed by atoms with Crippen LogP contribution in [0.4, 0.5) is 0 Å². The molecule has 0 bridgehead atoms. The molecule has 0 saturated carbocycles. The van der Waals surface area contributed by atoms with Gasteiger partial charge in [-0.05, 0) is 18.2 Å². The van der Waals surface area contributed by atoms with E-state index in [1.54, 1.807) is 24.3 Å². The molecule has 1 aromatic carbocycles. The fraction of sp³-hybridized carbons (Fsp3) is 0.0667. The van der Waals surface area contributed by atoms with E-state index in [9.17, 15) is 4.79 Å². The summed E-state index contributed by atoms with van der Waals surface area (Å²) in [5, 5.41) is 8.66. The third kappa shape index (κ3) is 2.82. The summed E-state index contributed by atoms with van der Waals surface area (Å²) in [5.41, 5.74) is 0.933. The lowest BCUT2D eigenvalue weighted by Gasteiger charge is -2.00. The number of allylic oxidation sites excluding steroid dienone is 1. The lowest BCUT2D eigenvalue weighted by molar-refractivity contribution is 0.429. The van der Waals surface area contributed by atoms with E-state index in [1.165, 1.54) is 16.8 Å². The van der Waals surface area contributed by atoms with Gasteiger partial charge >= 0.3 is 0 Å². The Labute approximate surface area is 130 Å². The first-order chi connectivity index (χ1) is 10.7. The number of rotatable bonds is 4. The molecule has 3 rings (SSSR count). The summed E-state index contributed by atoms with van der Waals surface area (Å²) in [4.78, 5) is 15.9. The molecule has 0 amide bonds. The van der Waals surface area contributed by atoms with Gasteiger partial charge in [0, 0.05) is 16.7 Å². The van der Waals surface area contributed by atoms with Gasteiger partial charge in [0.05, 0.1) is 6.54 Å². The second-order valence-corrected chi connectivity index (χ2v) is 4.90. The number of nitrogens with zero attached hydrogens (tertiary/aromatic N) is 4. The van der Waals surface area contributed by atoms with E-state index in [0.717, 1.165) is 5.56 Å². The lowest BCUT2D eigenvalue weighted by atomic mass is 10.2. The maximum absolute atomic E-state index is 11.6. The molecule has 0 radical (unpaired) electrons. The van der Waals surface area contributed by atoms with Gasteiger partial charge in [-0.3, -0.25) is 4.79 Å². The topological polar surface area (TPSA) is 73.8 Å². The van der Waals surface area contributed by atoms with Crippen molar-refractivity contribution in [2.45, 2.75) is 6.54 Å². The molecule has 0 aliphatic carbocycles. The van der Waals surface area contributed by atoms with Gasteiger partial charge in [-0.1, -0.05) is 35.0 Å². The van der Waals surface area contributed by atoms with E-state index >= 15 is 0 Å². The fourth-order valence-corrected chi connectivity index (χ4v) is 2.08. The summed E-state index contributed by atoms with van der Waals surface area (Å²) in [6.07, 6.45) is 1.59. The van der Waals surface area contributed by atoms with Crippen molar-refractivity contribution in [2.24, 2.45) is 0 Å². The summed E-state index contributed by atoms with van der Waals surface area (Å²) >= 11 is 5.95. The van der Waals surface area contributed by atoms with Crippen molar-refractivity contribution in [2.75, 3.05) is 0 Å². The van der Waals surface area contributed by atoms with Crippen LogP contribution in [0.15, 0.2) is 58.4 Å². The third-order valence-corrected chi connectivity index (χ3v) is 3.13. The standard InChI is InChI=1S/C15H11ClN4O2/c1-2-8-20-13(21)7-6-12(18-20)15-17-14(19-22-15)10-4-3-5-11(16)9-10/h2-7,9H,1,8H2. The van der Waals surface area contributed by atoms with Crippen LogP contribution in [0.3, 0.4) is 0 Å². The van der Waals surface area contributed by atoms with Crippen molar-refractivity contribution in [1.29, 1.82) is 0 Å². The van der Waals surface area contributed by atoms with Gasteiger partial charge in [0.25, 0.3) is 11.4 Å². The highest BCUT2D eigenvalue weighted by molar-refractivity contribution is 6.30. The molecule has 0 saturated heterocycles. The van der Waals surface area contributed by atoms with E-state index in [2.05, 4.69) is 21.8 Å². The summed E-state index contributed by atoms with van der Waals surface area (Å²) in [6, 6.07) is 10.1. The molecular formula is C15H11ClN4O2. The molecule has 6 nitrogen and oxygen atoms in total. The Morgan fingerprint density at radius 2 is 2.18 bits per heavy atom. The van der Waals surface area contributed by atoms with E-state index < -0.39 is 0 Å². The molecule has 7 heteroatoms. The molecule has 22 heavy (non-hydrogen) atoms. The van der Waals surface area contributed by atoms with Crippen LogP contribution < -0.4 is 5.56 Å². The van der Waals surface area contributed by atoms with E-state index in [-0.39, 0.29) is 11.4 Å². The van der Waals surface area contributed by atoms with Crippen molar-refractivity contribution < 1.29 is 4.52 Å². The zero-order valence-corrected chi connectivity index (χ0v) is 12.2. The smallest absolute Gasteiger partial charge is 0.278 e. The molecule has 110 valence electrons. The van der Waals surface area contributed by atoms with E-state index in [1.807, 2.05) is 6.07 Å². The minimum Gasteiger partial charge on any atom is -0.332 e. The SMILES string of the molecule is C=CCn1nc(-c2nc(-c3cccc(Cl)c3)no2)ccc1=O. The zero-order valence-electron chi connectivity index (χ0n) is 11.4. The van der Waals surface area contributed by atoms with Crippen LogP contribution >= 0.6 is 11.6 Å². The van der Waals surface area contributed by atoms with Crippen molar-refractivity contribution in [1.82, 2.24) is 19.9 Å². The average Bonchev–Trinajstić information content (AvgIpc) is 3.00. The van der Waals surface area contributed by atoms with Gasteiger partial charge in [0.15, 0.2) is 0 Å². The highest BCUT2D eigenvalue weighted by Gasteiger charge is 2.13. The predicted octanol–water partition coefficient (Wildman–Crippen LogP) is 2.80. The van der Waals surface area contributed by atoms with Crippen molar-refractivity contribution in [3.63, 3.8) is 0 Å². The molecule has 0 N–H and O–H groups in total. The predicted molar refractivity (Wildman–Crippen MR) is 82.4 cm³/mol. The van der Waals surface area contributed by atoms with Crippen LogP contribution in [-0.2, 0) is 6.54 Å². The van der Waals surface area contributed by atoms with E-state index in [4.69, 9.17) is 16.1 Å². The quantitative estimate of drug-likeness (QED) is 0.692. The van der Waals surface area contributed by atoms with Gasteiger partial charge < -0.3 is 4.52 Å². The minimum absolute atomic E-state index is 0.224. The van der Waals surface area contributed by atoms with Gasteiger partial charge in [0.1, 0.15) is 5.69 Å². The van der Waals surface area contributed by atoms with Crippen LogP contribution in [0, 0.1) is 0 Å². The molecule has 0 spiro atoms. The maximum atomic E-state index is 11.6. The van der Waals surface area contributed by atoms with Gasteiger partial charge in [-0.15, -0.1) is 6.58 Å². The monoisotopic (exact) mass is 314 g/mol. The second kappa shape index (κ2) is 5.95. The first-order valence-corrected chi connectivity index (χ1v) is 6.84. The maximum Gasteiger partial charge on any atom is 0.278 e. The number of hydrogen-bond acceptors (Lipinski definition) is 5. The largest absolute Gasteiger partial charge is 0.332 e. The van der Waals surface area contributed by atoms with Gasteiger partial charge in [-0.2, -0.15) is 10.1 Å². The van der Waals surface area contributed by atoms with Gasteiger partial charge in [-0.25, -0.2) is 4.68 Å². The Morgan fingerprint density at radius 1 is 1.32 bits per heavy atom. The fourth-order valence-electron chi connectivity index (χ4n) is 1.89.